The average Bonchev–Trinajstić information content (AvgIpc) is 1.98. The predicted molar refractivity (Wildman–Crippen MR) is 38.4 cm³/mol. The van der Waals surface area contributed by atoms with Crippen molar-refractivity contribution in [2.24, 2.45) is 5.92 Å². The van der Waals surface area contributed by atoms with E-state index in [1.165, 1.54) is 7.11 Å². The first-order valence-electron chi connectivity index (χ1n) is 2.98. The van der Waals surface area contributed by atoms with Gasteiger partial charge in [-0.3, -0.25) is 4.79 Å². The summed E-state index contributed by atoms with van der Waals surface area (Å²) in [5.41, 5.74) is -0.916. The lowest BCUT2D eigenvalue weighted by Gasteiger charge is -2.06. The summed E-state index contributed by atoms with van der Waals surface area (Å²) < 4.78 is 8.72. The van der Waals surface area contributed by atoms with Gasteiger partial charge in [0.05, 0.1) is 13.0 Å². The van der Waals surface area contributed by atoms with E-state index in [1.54, 1.807) is 6.92 Å². The third-order valence-corrected chi connectivity index (χ3v) is 1.16. The SMILES string of the molecule is COC(=O)C(C)COC(=O)Cl. The molecule has 5 heteroatoms. The van der Waals surface area contributed by atoms with Crippen molar-refractivity contribution in [3.8, 4) is 0 Å². The van der Waals surface area contributed by atoms with Gasteiger partial charge in [0.25, 0.3) is 0 Å². The van der Waals surface area contributed by atoms with Gasteiger partial charge in [0, 0.05) is 11.6 Å². The Hall–Kier alpha value is -0.770. The van der Waals surface area contributed by atoms with Crippen LogP contribution in [-0.4, -0.2) is 25.1 Å². The predicted octanol–water partition coefficient (Wildman–Crippen LogP) is 1.17. The van der Waals surface area contributed by atoms with Crippen LogP contribution in [-0.2, 0) is 14.3 Å². The maximum absolute atomic E-state index is 10.7. The summed E-state index contributed by atoms with van der Waals surface area (Å²) in [4.78, 5) is 20.7. The second kappa shape index (κ2) is 4.96. The number of carbonyl (C=O) groups is 2. The number of ether oxygens (including phenoxy) is 2. The fourth-order valence-electron chi connectivity index (χ4n) is 0.460. The van der Waals surface area contributed by atoms with Crippen LogP contribution in [0.1, 0.15) is 6.92 Å². The minimum absolute atomic E-state index is 0.0466. The summed E-state index contributed by atoms with van der Waals surface area (Å²) in [7, 11) is 1.27. The Morgan fingerprint density at radius 3 is 2.45 bits per heavy atom. The molecule has 0 aromatic heterocycles. The van der Waals surface area contributed by atoms with Crippen LogP contribution in [0.25, 0.3) is 0 Å². The van der Waals surface area contributed by atoms with Crippen molar-refractivity contribution in [3.05, 3.63) is 0 Å². The van der Waals surface area contributed by atoms with Gasteiger partial charge in [-0.15, -0.1) is 0 Å². The molecule has 0 aliphatic carbocycles. The Balaban J connectivity index is 3.60. The topological polar surface area (TPSA) is 52.6 Å². The van der Waals surface area contributed by atoms with Crippen LogP contribution in [0.5, 0.6) is 0 Å². The van der Waals surface area contributed by atoms with Crippen molar-refractivity contribution in [1.82, 2.24) is 0 Å². The van der Waals surface area contributed by atoms with Crippen LogP contribution in [0.3, 0.4) is 0 Å². The van der Waals surface area contributed by atoms with E-state index in [-0.39, 0.29) is 6.61 Å². The smallest absolute Gasteiger partial charge is 0.403 e. The molecule has 0 aromatic rings. The molecule has 0 bridgehead atoms. The quantitative estimate of drug-likeness (QED) is 0.483. The molecular formula is C6H9ClO4. The zero-order chi connectivity index (χ0) is 8.85. The number of methoxy groups -OCH3 is 1. The van der Waals surface area contributed by atoms with E-state index in [2.05, 4.69) is 9.47 Å². The normalized spacial score (nSPS) is 11.9. The molecule has 1 unspecified atom stereocenters. The number of hydrogen-bond donors (Lipinski definition) is 0. The van der Waals surface area contributed by atoms with Gasteiger partial charge in [0.1, 0.15) is 6.61 Å². The molecule has 0 aliphatic heterocycles. The first-order chi connectivity index (χ1) is 5.07. The highest BCUT2D eigenvalue weighted by Gasteiger charge is 2.14. The van der Waals surface area contributed by atoms with E-state index < -0.39 is 17.3 Å². The summed E-state index contributed by atoms with van der Waals surface area (Å²) in [6.45, 7) is 1.53. The molecule has 0 rings (SSSR count). The molecule has 64 valence electrons. The minimum Gasteiger partial charge on any atom is -0.469 e. The molecule has 0 saturated heterocycles. The lowest BCUT2D eigenvalue weighted by atomic mass is 10.2. The first-order valence-corrected chi connectivity index (χ1v) is 3.35. The first kappa shape index (κ1) is 10.2. The second-order valence-corrected chi connectivity index (χ2v) is 2.28. The molecular weight excluding hydrogens is 172 g/mol. The monoisotopic (exact) mass is 180 g/mol. The summed E-state index contributed by atoms with van der Waals surface area (Å²) >= 11 is 4.86. The van der Waals surface area contributed by atoms with E-state index in [0.717, 1.165) is 0 Å². The largest absolute Gasteiger partial charge is 0.469 e. The standard InChI is InChI=1S/C6H9ClO4/c1-4(5(8)10-2)3-11-6(7)9/h4H,3H2,1-2H3. The maximum Gasteiger partial charge on any atom is 0.403 e. The molecule has 1 atom stereocenters. The highest BCUT2D eigenvalue weighted by Crippen LogP contribution is 1.99. The van der Waals surface area contributed by atoms with E-state index in [9.17, 15) is 9.59 Å². The number of carbonyl (C=O) groups excluding carboxylic acids is 2. The van der Waals surface area contributed by atoms with Crippen LogP contribution >= 0.6 is 11.6 Å². The highest BCUT2D eigenvalue weighted by atomic mass is 35.5. The zero-order valence-electron chi connectivity index (χ0n) is 6.30. The van der Waals surface area contributed by atoms with Crippen LogP contribution < -0.4 is 0 Å². The fourth-order valence-corrected chi connectivity index (χ4v) is 0.523. The molecule has 0 fully saturated rings. The Morgan fingerprint density at radius 1 is 1.55 bits per heavy atom. The van der Waals surface area contributed by atoms with Crippen molar-refractivity contribution in [1.29, 1.82) is 0 Å². The van der Waals surface area contributed by atoms with Gasteiger partial charge in [0.15, 0.2) is 0 Å². The lowest BCUT2D eigenvalue weighted by molar-refractivity contribution is -0.145. The van der Waals surface area contributed by atoms with Crippen LogP contribution in [0, 0.1) is 5.92 Å². The summed E-state index contributed by atoms with van der Waals surface area (Å²) in [5, 5.41) is 0. The molecule has 0 heterocycles. The lowest BCUT2D eigenvalue weighted by Crippen LogP contribution is -2.18. The molecule has 0 N–H and O–H groups in total. The third kappa shape index (κ3) is 4.61. The Kier molecular flexibility index (Phi) is 4.61. The molecule has 0 aromatic carbocycles. The maximum atomic E-state index is 10.7. The van der Waals surface area contributed by atoms with Gasteiger partial charge >= 0.3 is 11.4 Å². The Labute approximate surface area is 69.4 Å². The number of hydrogen-bond acceptors (Lipinski definition) is 4. The Morgan fingerprint density at radius 2 is 2.09 bits per heavy atom. The van der Waals surface area contributed by atoms with Gasteiger partial charge in [-0.25, -0.2) is 4.79 Å². The van der Waals surface area contributed by atoms with Gasteiger partial charge in [-0.1, -0.05) is 0 Å². The van der Waals surface area contributed by atoms with E-state index >= 15 is 0 Å². The van der Waals surface area contributed by atoms with Gasteiger partial charge < -0.3 is 9.47 Å². The molecule has 0 spiro atoms. The van der Waals surface area contributed by atoms with E-state index in [0.29, 0.717) is 0 Å². The number of halogens is 1. The van der Waals surface area contributed by atoms with Gasteiger partial charge in [0.2, 0.25) is 0 Å². The Bertz CT molecular complexity index is 157. The molecule has 4 nitrogen and oxygen atoms in total. The van der Waals surface area contributed by atoms with Crippen molar-refractivity contribution >= 4 is 23.0 Å². The van der Waals surface area contributed by atoms with Gasteiger partial charge in [-0.05, 0) is 6.92 Å². The average molecular weight is 181 g/mol. The number of rotatable bonds is 3. The van der Waals surface area contributed by atoms with Crippen molar-refractivity contribution in [2.45, 2.75) is 6.92 Å². The summed E-state index contributed by atoms with van der Waals surface area (Å²) in [6, 6.07) is 0. The second-order valence-electron chi connectivity index (χ2n) is 1.97. The van der Waals surface area contributed by atoms with Crippen LogP contribution in [0.4, 0.5) is 4.79 Å². The third-order valence-electron chi connectivity index (χ3n) is 1.05. The molecule has 0 amide bonds. The van der Waals surface area contributed by atoms with Gasteiger partial charge in [-0.2, -0.15) is 0 Å². The molecule has 0 saturated carbocycles. The van der Waals surface area contributed by atoms with Crippen LogP contribution in [0.2, 0.25) is 0 Å². The zero-order valence-corrected chi connectivity index (χ0v) is 7.05. The fraction of sp³-hybridized carbons (Fsp3) is 0.667. The molecule has 0 radical (unpaired) electrons. The highest BCUT2D eigenvalue weighted by molar-refractivity contribution is 6.61. The summed E-state index contributed by atoms with van der Waals surface area (Å²) in [6.07, 6.45) is 0. The van der Waals surface area contributed by atoms with Crippen LogP contribution in [0.15, 0.2) is 0 Å². The summed E-state index contributed by atoms with van der Waals surface area (Å²) in [5.74, 6) is -0.898. The van der Waals surface area contributed by atoms with E-state index in [4.69, 9.17) is 11.6 Å². The molecule has 0 aliphatic rings. The molecule has 11 heavy (non-hydrogen) atoms. The van der Waals surface area contributed by atoms with Crippen molar-refractivity contribution < 1.29 is 19.1 Å². The van der Waals surface area contributed by atoms with E-state index in [1.807, 2.05) is 0 Å². The van der Waals surface area contributed by atoms with Crippen molar-refractivity contribution in [3.63, 3.8) is 0 Å². The van der Waals surface area contributed by atoms with Crippen molar-refractivity contribution in [2.75, 3.05) is 13.7 Å². The number of esters is 1. The minimum atomic E-state index is -0.916.